The number of ether oxygens (including phenoxy) is 1. The third-order valence-electron chi connectivity index (χ3n) is 6.60. The quantitative estimate of drug-likeness (QED) is 0.758. The van der Waals surface area contributed by atoms with Crippen molar-refractivity contribution in [3.8, 4) is 0 Å². The normalized spacial score (nSPS) is 36.6. The van der Waals surface area contributed by atoms with Crippen molar-refractivity contribution in [1.29, 1.82) is 0 Å². The van der Waals surface area contributed by atoms with Crippen molar-refractivity contribution in [2.45, 2.75) is 71.9 Å². The standard InChI is InChI=1S/C17H32N2O2/c1-6-9-19-17(5,14(18)20)11-21-13-10-12-7-8-16(13,4)15(12,2)3/h12-13,19H,6-11H2,1-5H3,(H2,18,20). The number of nitrogens with one attached hydrogen (secondary N) is 1. The molecule has 0 aromatic rings. The number of rotatable bonds is 7. The molecule has 4 unspecified atom stereocenters. The van der Waals surface area contributed by atoms with E-state index in [1.54, 1.807) is 0 Å². The number of carbonyl (C=O) groups is 1. The molecule has 2 aliphatic carbocycles. The predicted molar refractivity (Wildman–Crippen MR) is 84.9 cm³/mol. The fourth-order valence-corrected chi connectivity index (χ4v) is 4.26. The van der Waals surface area contributed by atoms with Crippen molar-refractivity contribution in [3.63, 3.8) is 0 Å². The van der Waals surface area contributed by atoms with E-state index < -0.39 is 5.54 Å². The Morgan fingerprint density at radius 3 is 2.52 bits per heavy atom. The minimum atomic E-state index is -0.766. The van der Waals surface area contributed by atoms with Crippen molar-refractivity contribution < 1.29 is 9.53 Å². The van der Waals surface area contributed by atoms with Gasteiger partial charge in [-0.05, 0) is 55.9 Å². The maximum atomic E-state index is 11.8. The molecule has 0 aromatic carbocycles. The molecule has 2 rings (SSSR count). The van der Waals surface area contributed by atoms with Crippen LogP contribution in [0.2, 0.25) is 0 Å². The van der Waals surface area contributed by atoms with Gasteiger partial charge in [-0.15, -0.1) is 0 Å². The molecular weight excluding hydrogens is 264 g/mol. The largest absolute Gasteiger partial charge is 0.375 e. The summed E-state index contributed by atoms with van der Waals surface area (Å²) >= 11 is 0. The molecule has 3 N–H and O–H groups in total. The van der Waals surface area contributed by atoms with E-state index in [4.69, 9.17) is 10.5 Å². The molecule has 4 nitrogen and oxygen atoms in total. The van der Waals surface area contributed by atoms with Crippen LogP contribution in [0, 0.1) is 16.7 Å². The predicted octanol–water partition coefficient (Wildman–Crippen LogP) is 2.46. The van der Waals surface area contributed by atoms with Crippen LogP contribution in [0.4, 0.5) is 0 Å². The molecule has 0 aromatic heterocycles. The Bertz CT molecular complexity index is 410. The Morgan fingerprint density at radius 1 is 1.43 bits per heavy atom. The zero-order valence-electron chi connectivity index (χ0n) is 14.3. The van der Waals surface area contributed by atoms with E-state index >= 15 is 0 Å². The van der Waals surface area contributed by atoms with E-state index in [0.717, 1.165) is 25.3 Å². The number of primary amides is 1. The van der Waals surface area contributed by atoms with Crippen molar-refractivity contribution in [2.24, 2.45) is 22.5 Å². The zero-order valence-corrected chi connectivity index (χ0v) is 14.3. The highest BCUT2D eigenvalue weighted by Gasteiger charge is 2.62. The highest BCUT2D eigenvalue weighted by atomic mass is 16.5. The number of carbonyl (C=O) groups excluding carboxylic acids is 1. The molecule has 0 saturated heterocycles. The minimum Gasteiger partial charge on any atom is -0.375 e. The third-order valence-corrected chi connectivity index (χ3v) is 6.60. The number of hydrogen-bond donors (Lipinski definition) is 2. The van der Waals surface area contributed by atoms with Gasteiger partial charge in [-0.1, -0.05) is 27.7 Å². The SMILES string of the molecule is CCCNC(C)(COC1CC2CCC1(C)C2(C)C)C(N)=O. The highest BCUT2D eigenvalue weighted by Crippen LogP contribution is 2.66. The molecule has 0 heterocycles. The number of hydrogen-bond acceptors (Lipinski definition) is 3. The molecule has 21 heavy (non-hydrogen) atoms. The number of amides is 1. The minimum absolute atomic E-state index is 0.223. The lowest BCUT2D eigenvalue weighted by atomic mass is 9.70. The highest BCUT2D eigenvalue weighted by molar-refractivity contribution is 5.84. The molecule has 0 spiro atoms. The second-order valence-corrected chi connectivity index (χ2v) is 8.03. The molecule has 0 aliphatic heterocycles. The molecule has 4 atom stereocenters. The lowest BCUT2D eigenvalue weighted by molar-refractivity contribution is -0.130. The van der Waals surface area contributed by atoms with Crippen molar-refractivity contribution in [3.05, 3.63) is 0 Å². The summed E-state index contributed by atoms with van der Waals surface area (Å²) in [4.78, 5) is 11.8. The first-order valence-electron chi connectivity index (χ1n) is 8.34. The van der Waals surface area contributed by atoms with Crippen LogP contribution in [0.15, 0.2) is 0 Å². The lowest BCUT2D eigenvalue weighted by Gasteiger charge is -2.40. The van der Waals surface area contributed by atoms with E-state index in [9.17, 15) is 4.79 Å². The second-order valence-electron chi connectivity index (χ2n) is 8.03. The number of nitrogens with two attached hydrogens (primary N) is 1. The summed E-state index contributed by atoms with van der Waals surface area (Å²) in [5.41, 5.74) is 5.37. The van der Waals surface area contributed by atoms with Crippen LogP contribution in [-0.4, -0.2) is 30.7 Å². The fraction of sp³-hybridized carbons (Fsp3) is 0.941. The maximum Gasteiger partial charge on any atom is 0.239 e. The fourth-order valence-electron chi connectivity index (χ4n) is 4.26. The summed E-state index contributed by atoms with van der Waals surface area (Å²) in [5.74, 6) is 0.416. The zero-order chi connectivity index (χ0) is 15.9. The first kappa shape index (κ1) is 16.8. The van der Waals surface area contributed by atoms with Gasteiger partial charge in [0.25, 0.3) is 0 Å². The van der Waals surface area contributed by atoms with E-state index in [1.165, 1.54) is 12.8 Å². The Morgan fingerprint density at radius 2 is 2.10 bits per heavy atom. The number of fused-ring (bicyclic) bond motifs is 2. The molecule has 2 aliphatic rings. The Hall–Kier alpha value is -0.610. The van der Waals surface area contributed by atoms with Gasteiger partial charge in [0, 0.05) is 0 Å². The van der Waals surface area contributed by atoms with Crippen LogP contribution in [-0.2, 0) is 9.53 Å². The maximum absolute atomic E-state index is 11.8. The van der Waals surface area contributed by atoms with Gasteiger partial charge in [0.2, 0.25) is 5.91 Å². The summed E-state index contributed by atoms with van der Waals surface area (Å²) in [6.45, 7) is 12.2. The Labute approximate surface area is 129 Å². The molecule has 2 fully saturated rings. The van der Waals surface area contributed by atoms with E-state index in [-0.39, 0.29) is 17.4 Å². The van der Waals surface area contributed by atoms with Gasteiger partial charge in [0.1, 0.15) is 5.54 Å². The average molecular weight is 296 g/mol. The van der Waals surface area contributed by atoms with Crippen molar-refractivity contribution >= 4 is 5.91 Å². The van der Waals surface area contributed by atoms with Gasteiger partial charge in [-0.2, -0.15) is 0 Å². The van der Waals surface area contributed by atoms with Crippen LogP contribution in [0.25, 0.3) is 0 Å². The molecule has 4 heteroatoms. The van der Waals surface area contributed by atoms with Gasteiger partial charge in [0.15, 0.2) is 0 Å². The molecule has 2 bridgehead atoms. The Kier molecular flexibility index (Phi) is 4.42. The van der Waals surface area contributed by atoms with E-state index in [0.29, 0.717) is 12.0 Å². The van der Waals surface area contributed by atoms with Gasteiger partial charge in [0.05, 0.1) is 12.7 Å². The first-order chi connectivity index (χ1) is 9.67. The molecule has 2 saturated carbocycles. The van der Waals surface area contributed by atoms with E-state index in [1.807, 2.05) is 6.92 Å². The van der Waals surface area contributed by atoms with E-state index in [2.05, 4.69) is 33.0 Å². The van der Waals surface area contributed by atoms with Crippen molar-refractivity contribution in [2.75, 3.05) is 13.2 Å². The molecule has 0 radical (unpaired) electrons. The summed E-state index contributed by atoms with van der Waals surface area (Å²) in [6.07, 6.45) is 4.87. The van der Waals surface area contributed by atoms with Crippen LogP contribution in [0.5, 0.6) is 0 Å². The molecule has 1 amide bonds. The average Bonchev–Trinajstić information content (AvgIpc) is 2.75. The molecular formula is C17H32N2O2. The van der Waals surface area contributed by atoms with Gasteiger partial charge in [-0.25, -0.2) is 0 Å². The summed E-state index contributed by atoms with van der Waals surface area (Å²) in [5, 5.41) is 3.25. The molecule has 122 valence electrons. The summed E-state index contributed by atoms with van der Waals surface area (Å²) in [7, 11) is 0. The first-order valence-corrected chi connectivity index (χ1v) is 8.34. The summed E-state index contributed by atoms with van der Waals surface area (Å²) < 4.78 is 6.24. The van der Waals surface area contributed by atoms with Gasteiger partial charge < -0.3 is 15.8 Å². The van der Waals surface area contributed by atoms with Gasteiger partial charge in [-0.3, -0.25) is 4.79 Å². The topological polar surface area (TPSA) is 64.3 Å². The lowest BCUT2D eigenvalue weighted by Crippen LogP contribution is -2.57. The smallest absolute Gasteiger partial charge is 0.239 e. The van der Waals surface area contributed by atoms with Crippen LogP contribution in [0.1, 0.15) is 60.3 Å². The van der Waals surface area contributed by atoms with Crippen LogP contribution in [0.3, 0.4) is 0 Å². The summed E-state index contributed by atoms with van der Waals surface area (Å²) in [6, 6.07) is 0. The van der Waals surface area contributed by atoms with Gasteiger partial charge >= 0.3 is 0 Å². The van der Waals surface area contributed by atoms with Crippen LogP contribution < -0.4 is 11.1 Å². The van der Waals surface area contributed by atoms with Crippen molar-refractivity contribution in [1.82, 2.24) is 5.32 Å². The van der Waals surface area contributed by atoms with Crippen LogP contribution >= 0.6 is 0 Å². The third kappa shape index (κ3) is 2.61. The Balaban J connectivity index is 2.01. The monoisotopic (exact) mass is 296 g/mol. The second kappa shape index (κ2) is 5.54.